The Labute approximate surface area is 97.5 Å². The molecule has 15 heavy (non-hydrogen) atoms. The SMILES string of the molecule is CC1(O)CCN(c2ncc(Br)cn2)CC1. The first-order chi connectivity index (χ1) is 7.07. The predicted octanol–water partition coefficient (Wildman–Crippen LogP) is 1.59. The number of nitrogens with zero attached hydrogens (tertiary/aromatic N) is 3. The van der Waals surface area contributed by atoms with E-state index >= 15 is 0 Å². The first-order valence-corrected chi connectivity index (χ1v) is 5.81. The number of anilines is 1. The Balaban J connectivity index is 2.04. The van der Waals surface area contributed by atoms with Crippen molar-refractivity contribution in [2.45, 2.75) is 25.4 Å². The van der Waals surface area contributed by atoms with E-state index in [1.165, 1.54) is 0 Å². The van der Waals surface area contributed by atoms with Gasteiger partial charge in [-0.1, -0.05) is 0 Å². The number of aliphatic hydroxyl groups is 1. The lowest BCUT2D eigenvalue weighted by Crippen LogP contribution is -2.43. The molecule has 1 saturated heterocycles. The van der Waals surface area contributed by atoms with Gasteiger partial charge in [-0.05, 0) is 35.7 Å². The average molecular weight is 272 g/mol. The zero-order valence-electron chi connectivity index (χ0n) is 8.65. The molecule has 2 heterocycles. The van der Waals surface area contributed by atoms with E-state index in [2.05, 4.69) is 30.8 Å². The fourth-order valence-corrected chi connectivity index (χ4v) is 1.86. The molecule has 1 aliphatic heterocycles. The van der Waals surface area contributed by atoms with Crippen LogP contribution >= 0.6 is 15.9 Å². The maximum absolute atomic E-state index is 9.81. The summed E-state index contributed by atoms with van der Waals surface area (Å²) >= 11 is 3.30. The van der Waals surface area contributed by atoms with Gasteiger partial charge in [0.1, 0.15) is 0 Å². The Morgan fingerprint density at radius 1 is 1.33 bits per heavy atom. The molecule has 0 unspecified atom stereocenters. The molecule has 0 saturated carbocycles. The van der Waals surface area contributed by atoms with Crippen molar-refractivity contribution in [3.63, 3.8) is 0 Å². The molecule has 1 fully saturated rings. The average Bonchev–Trinajstić information content (AvgIpc) is 2.20. The maximum atomic E-state index is 9.81. The van der Waals surface area contributed by atoms with E-state index in [9.17, 15) is 5.11 Å². The van der Waals surface area contributed by atoms with Crippen LogP contribution in [0.2, 0.25) is 0 Å². The standard InChI is InChI=1S/C10H14BrN3O/c1-10(15)2-4-14(5-3-10)9-12-6-8(11)7-13-9/h6-7,15H,2-5H2,1H3. The lowest BCUT2D eigenvalue weighted by molar-refractivity contribution is 0.0349. The predicted molar refractivity (Wildman–Crippen MR) is 61.8 cm³/mol. The van der Waals surface area contributed by atoms with Crippen LogP contribution in [0.25, 0.3) is 0 Å². The molecule has 2 rings (SSSR count). The third kappa shape index (κ3) is 2.66. The first-order valence-electron chi connectivity index (χ1n) is 5.02. The number of halogens is 1. The third-order valence-electron chi connectivity index (χ3n) is 2.73. The van der Waals surface area contributed by atoms with Crippen molar-refractivity contribution in [1.29, 1.82) is 0 Å². The molecule has 4 nitrogen and oxygen atoms in total. The van der Waals surface area contributed by atoms with E-state index in [4.69, 9.17) is 0 Å². The summed E-state index contributed by atoms with van der Waals surface area (Å²) in [4.78, 5) is 10.6. The lowest BCUT2D eigenvalue weighted by Gasteiger charge is -2.35. The van der Waals surface area contributed by atoms with Crippen LogP contribution in [0.4, 0.5) is 5.95 Å². The molecular formula is C10H14BrN3O. The minimum absolute atomic E-state index is 0.522. The quantitative estimate of drug-likeness (QED) is 0.843. The zero-order valence-corrected chi connectivity index (χ0v) is 10.2. The molecule has 0 atom stereocenters. The summed E-state index contributed by atoms with van der Waals surface area (Å²) in [5, 5.41) is 9.81. The summed E-state index contributed by atoms with van der Waals surface area (Å²) in [6, 6.07) is 0. The van der Waals surface area contributed by atoms with E-state index < -0.39 is 5.60 Å². The van der Waals surface area contributed by atoms with Crippen LogP contribution in [-0.2, 0) is 0 Å². The lowest BCUT2D eigenvalue weighted by atomic mass is 9.94. The van der Waals surface area contributed by atoms with E-state index in [0.29, 0.717) is 0 Å². The summed E-state index contributed by atoms with van der Waals surface area (Å²) in [5.41, 5.74) is -0.522. The van der Waals surface area contributed by atoms with Crippen LogP contribution < -0.4 is 4.90 Å². The van der Waals surface area contributed by atoms with E-state index in [1.54, 1.807) is 12.4 Å². The number of rotatable bonds is 1. The highest BCUT2D eigenvalue weighted by Crippen LogP contribution is 2.23. The van der Waals surface area contributed by atoms with E-state index in [-0.39, 0.29) is 0 Å². The minimum atomic E-state index is -0.522. The Hall–Kier alpha value is -0.680. The summed E-state index contributed by atoms with van der Waals surface area (Å²) in [7, 11) is 0. The molecule has 0 radical (unpaired) electrons. The van der Waals surface area contributed by atoms with Gasteiger partial charge in [-0.3, -0.25) is 0 Å². The molecule has 0 spiro atoms. The monoisotopic (exact) mass is 271 g/mol. The Morgan fingerprint density at radius 2 is 1.87 bits per heavy atom. The summed E-state index contributed by atoms with van der Waals surface area (Å²) in [5.74, 6) is 0.744. The van der Waals surface area contributed by atoms with Crippen molar-refractivity contribution >= 4 is 21.9 Å². The molecule has 0 amide bonds. The van der Waals surface area contributed by atoms with Crippen LogP contribution in [0.3, 0.4) is 0 Å². The van der Waals surface area contributed by atoms with Crippen molar-refractivity contribution in [1.82, 2.24) is 9.97 Å². The van der Waals surface area contributed by atoms with Gasteiger partial charge in [0.25, 0.3) is 0 Å². The molecular weight excluding hydrogens is 258 g/mol. The van der Waals surface area contributed by atoms with Gasteiger partial charge < -0.3 is 10.0 Å². The molecule has 5 heteroatoms. The van der Waals surface area contributed by atoms with Gasteiger partial charge in [0, 0.05) is 25.5 Å². The molecule has 1 aliphatic rings. The highest BCUT2D eigenvalue weighted by atomic mass is 79.9. The van der Waals surface area contributed by atoms with Gasteiger partial charge >= 0.3 is 0 Å². The second kappa shape index (κ2) is 4.06. The minimum Gasteiger partial charge on any atom is -0.390 e. The smallest absolute Gasteiger partial charge is 0.225 e. The molecule has 1 aromatic heterocycles. The van der Waals surface area contributed by atoms with E-state index in [0.717, 1.165) is 36.4 Å². The molecule has 1 aromatic rings. The summed E-state index contributed by atoms with van der Waals surface area (Å²) < 4.78 is 0.884. The topological polar surface area (TPSA) is 49.2 Å². The molecule has 0 aromatic carbocycles. The third-order valence-corrected chi connectivity index (χ3v) is 3.14. The van der Waals surface area contributed by atoms with Crippen molar-refractivity contribution in [3.05, 3.63) is 16.9 Å². The fourth-order valence-electron chi connectivity index (χ4n) is 1.66. The summed E-state index contributed by atoms with van der Waals surface area (Å²) in [6.45, 7) is 3.51. The van der Waals surface area contributed by atoms with Crippen LogP contribution in [0.1, 0.15) is 19.8 Å². The highest BCUT2D eigenvalue weighted by molar-refractivity contribution is 9.10. The molecule has 82 valence electrons. The zero-order chi connectivity index (χ0) is 10.9. The van der Waals surface area contributed by atoms with Crippen molar-refractivity contribution < 1.29 is 5.11 Å². The number of hydrogen-bond acceptors (Lipinski definition) is 4. The van der Waals surface area contributed by atoms with Crippen molar-refractivity contribution in [2.75, 3.05) is 18.0 Å². The second-order valence-corrected chi connectivity index (χ2v) is 5.10. The van der Waals surface area contributed by atoms with Gasteiger partial charge in [0.05, 0.1) is 10.1 Å². The van der Waals surface area contributed by atoms with Gasteiger partial charge in [-0.15, -0.1) is 0 Å². The Morgan fingerprint density at radius 3 is 2.40 bits per heavy atom. The number of aromatic nitrogens is 2. The van der Waals surface area contributed by atoms with E-state index in [1.807, 2.05) is 6.92 Å². The fraction of sp³-hybridized carbons (Fsp3) is 0.600. The van der Waals surface area contributed by atoms with Crippen LogP contribution in [0.5, 0.6) is 0 Å². The number of piperidine rings is 1. The molecule has 0 bridgehead atoms. The highest BCUT2D eigenvalue weighted by Gasteiger charge is 2.28. The van der Waals surface area contributed by atoms with Crippen LogP contribution in [0, 0.1) is 0 Å². The Kier molecular flexibility index (Phi) is 2.93. The van der Waals surface area contributed by atoms with Gasteiger partial charge in [0.15, 0.2) is 0 Å². The van der Waals surface area contributed by atoms with Crippen LogP contribution in [0.15, 0.2) is 16.9 Å². The van der Waals surface area contributed by atoms with Crippen molar-refractivity contribution in [2.24, 2.45) is 0 Å². The van der Waals surface area contributed by atoms with Gasteiger partial charge in [-0.25, -0.2) is 9.97 Å². The normalized spacial score (nSPS) is 20.3. The van der Waals surface area contributed by atoms with Crippen molar-refractivity contribution in [3.8, 4) is 0 Å². The summed E-state index contributed by atoms with van der Waals surface area (Å²) in [6.07, 6.45) is 5.03. The first kappa shape index (κ1) is 10.8. The Bertz CT molecular complexity index is 329. The van der Waals surface area contributed by atoms with Gasteiger partial charge in [0.2, 0.25) is 5.95 Å². The number of hydrogen-bond donors (Lipinski definition) is 1. The molecule has 0 aliphatic carbocycles. The molecule has 1 N–H and O–H groups in total. The second-order valence-electron chi connectivity index (χ2n) is 4.19. The largest absolute Gasteiger partial charge is 0.390 e. The van der Waals surface area contributed by atoms with Gasteiger partial charge in [-0.2, -0.15) is 0 Å². The van der Waals surface area contributed by atoms with Crippen LogP contribution in [-0.4, -0.2) is 33.8 Å². The maximum Gasteiger partial charge on any atom is 0.225 e.